The minimum atomic E-state index is -1.19. The van der Waals surface area contributed by atoms with Crippen LogP contribution < -0.4 is 0 Å². The molecule has 0 bridgehead atoms. The lowest BCUT2D eigenvalue weighted by Crippen LogP contribution is -2.13. The first-order valence-corrected chi connectivity index (χ1v) is 5.84. The Balaban J connectivity index is 2.47. The zero-order chi connectivity index (χ0) is 13.4. The van der Waals surface area contributed by atoms with Crippen LogP contribution in [0.1, 0.15) is 30.7 Å². The molecule has 0 aromatic heterocycles. The third-order valence-electron chi connectivity index (χ3n) is 3.11. The molecule has 1 aliphatic rings. The van der Waals surface area contributed by atoms with Gasteiger partial charge in [0.1, 0.15) is 16.7 Å². The Hall–Kier alpha value is -1.23. The molecule has 1 aliphatic carbocycles. The molecule has 1 aromatic rings. The van der Waals surface area contributed by atoms with E-state index in [1.807, 2.05) is 0 Å². The van der Waals surface area contributed by atoms with E-state index >= 15 is 0 Å². The van der Waals surface area contributed by atoms with Crippen LogP contribution in [0, 0.1) is 23.4 Å². The maximum atomic E-state index is 13.8. The van der Waals surface area contributed by atoms with E-state index in [4.69, 9.17) is 16.7 Å². The maximum absolute atomic E-state index is 13.8. The van der Waals surface area contributed by atoms with Gasteiger partial charge in [0, 0.05) is 17.5 Å². The highest BCUT2D eigenvalue weighted by atomic mass is 35.5. The molecule has 2 nitrogen and oxygen atoms in total. The fraction of sp³-hybridized carbons (Fsp3) is 0.417. The summed E-state index contributed by atoms with van der Waals surface area (Å²) >= 11 is 5.40. The Morgan fingerprint density at radius 2 is 2.00 bits per heavy atom. The number of carboxylic acid groups (broad SMARTS) is 1. The number of hydrogen-bond acceptors (Lipinski definition) is 1. The van der Waals surface area contributed by atoms with Crippen molar-refractivity contribution in [2.24, 2.45) is 5.92 Å². The van der Waals surface area contributed by atoms with Gasteiger partial charge < -0.3 is 5.11 Å². The summed E-state index contributed by atoms with van der Waals surface area (Å²) in [6, 6.07) is 0.498. The van der Waals surface area contributed by atoms with E-state index in [9.17, 15) is 18.0 Å². The van der Waals surface area contributed by atoms with Crippen LogP contribution in [0.15, 0.2) is 6.07 Å². The lowest BCUT2D eigenvalue weighted by atomic mass is 9.90. The van der Waals surface area contributed by atoms with Gasteiger partial charge in [0.2, 0.25) is 0 Å². The molecule has 0 saturated heterocycles. The Bertz CT molecular complexity index is 501. The van der Waals surface area contributed by atoms with E-state index in [0.717, 1.165) is 0 Å². The van der Waals surface area contributed by atoms with Crippen molar-refractivity contribution in [1.82, 2.24) is 0 Å². The molecule has 2 rings (SSSR count). The quantitative estimate of drug-likeness (QED) is 0.673. The SMILES string of the molecule is O=C(O)CC(c1c(F)cc(F)c(Cl)c1F)C1CC1. The molecule has 0 heterocycles. The predicted octanol–water partition coefficient (Wildman–Crippen LogP) is 3.73. The fourth-order valence-corrected chi connectivity index (χ4v) is 2.27. The molecule has 1 N–H and O–H groups in total. The zero-order valence-corrected chi connectivity index (χ0v) is 9.98. The van der Waals surface area contributed by atoms with Crippen molar-refractivity contribution in [3.05, 3.63) is 34.1 Å². The molecule has 18 heavy (non-hydrogen) atoms. The predicted molar refractivity (Wildman–Crippen MR) is 59.0 cm³/mol. The number of aliphatic carboxylic acids is 1. The average Bonchev–Trinajstić information content (AvgIpc) is 3.08. The molecule has 1 unspecified atom stereocenters. The van der Waals surface area contributed by atoms with Gasteiger partial charge in [-0.25, -0.2) is 13.2 Å². The smallest absolute Gasteiger partial charge is 0.303 e. The van der Waals surface area contributed by atoms with Crippen LogP contribution in [0.3, 0.4) is 0 Å². The summed E-state index contributed by atoms with van der Waals surface area (Å²) in [7, 11) is 0. The van der Waals surface area contributed by atoms with Crippen LogP contribution in [0.25, 0.3) is 0 Å². The number of hydrogen-bond donors (Lipinski definition) is 1. The van der Waals surface area contributed by atoms with E-state index < -0.39 is 39.9 Å². The lowest BCUT2D eigenvalue weighted by molar-refractivity contribution is -0.137. The van der Waals surface area contributed by atoms with Gasteiger partial charge >= 0.3 is 5.97 Å². The third-order valence-corrected chi connectivity index (χ3v) is 3.45. The number of rotatable bonds is 4. The van der Waals surface area contributed by atoms with Crippen molar-refractivity contribution in [1.29, 1.82) is 0 Å². The Morgan fingerprint density at radius 1 is 1.39 bits per heavy atom. The standard InChI is InChI=1S/C12H10ClF3O2/c13-11-8(15)4-7(14)10(12(11)16)6(3-9(17)18)5-1-2-5/h4-6H,1-3H2,(H,17,18). The van der Waals surface area contributed by atoms with Gasteiger partial charge in [-0.3, -0.25) is 4.79 Å². The second kappa shape index (κ2) is 4.80. The minimum Gasteiger partial charge on any atom is -0.481 e. The van der Waals surface area contributed by atoms with Gasteiger partial charge in [0.25, 0.3) is 0 Å². The average molecular weight is 279 g/mol. The first-order chi connectivity index (χ1) is 8.41. The van der Waals surface area contributed by atoms with Crippen LogP contribution in [-0.2, 0) is 4.79 Å². The lowest BCUT2D eigenvalue weighted by Gasteiger charge is -2.17. The first-order valence-electron chi connectivity index (χ1n) is 5.46. The Kier molecular flexibility index (Phi) is 3.52. The summed E-state index contributed by atoms with van der Waals surface area (Å²) in [4.78, 5) is 10.7. The molecular weight excluding hydrogens is 269 g/mol. The van der Waals surface area contributed by atoms with Gasteiger partial charge in [-0.05, 0) is 18.8 Å². The number of halogens is 4. The highest BCUT2D eigenvalue weighted by Gasteiger charge is 2.38. The molecule has 0 aliphatic heterocycles. The number of carbonyl (C=O) groups is 1. The summed E-state index contributed by atoms with van der Waals surface area (Å²) in [5.74, 6) is -5.46. The van der Waals surface area contributed by atoms with E-state index in [-0.39, 0.29) is 12.3 Å². The maximum Gasteiger partial charge on any atom is 0.303 e. The Labute approximate surface area is 106 Å². The second-order valence-corrected chi connectivity index (χ2v) is 4.80. The van der Waals surface area contributed by atoms with Crippen molar-refractivity contribution in [3.63, 3.8) is 0 Å². The summed E-state index contributed by atoms with van der Waals surface area (Å²) in [6.07, 6.45) is 1.04. The third kappa shape index (κ3) is 2.46. The number of benzene rings is 1. The van der Waals surface area contributed by atoms with Crippen molar-refractivity contribution < 1.29 is 23.1 Å². The second-order valence-electron chi connectivity index (χ2n) is 4.42. The van der Waals surface area contributed by atoms with Crippen molar-refractivity contribution in [2.75, 3.05) is 0 Å². The van der Waals surface area contributed by atoms with Gasteiger partial charge in [-0.15, -0.1) is 0 Å². The van der Waals surface area contributed by atoms with E-state index in [2.05, 4.69) is 0 Å². The van der Waals surface area contributed by atoms with Gasteiger partial charge in [0.05, 0.1) is 6.42 Å². The monoisotopic (exact) mass is 278 g/mol. The van der Waals surface area contributed by atoms with Gasteiger partial charge in [0.15, 0.2) is 5.82 Å². The van der Waals surface area contributed by atoms with Gasteiger partial charge in [-0.1, -0.05) is 11.6 Å². The van der Waals surface area contributed by atoms with E-state index in [1.165, 1.54) is 0 Å². The summed E-state index contributed by atoms with van der Waals surface area (Å²) < 4.78 is 40.5. The van der Waals surface area contributed by atoms with Crippen molar-refractivity contribution >= 4 is 17.6 Å². The topological polar surface area (TPSA) is 37.3 Å². The molecule has 1 atom stereocenters. The van der Waals surface area contributed by atoms with Crippen LogP contribution in [0.2, 0.25) is 5.02 Å². The molecule has 0 radical (unpaired) electrons. The van der Waals surface area contributed by atoms with Crippen LogP contribution in [0.4, 0.5) is 13.2 Å². The summed E-state index contributed by atoms with van der Waals surface area (Å²) in [6.45, 7) is 0. The molecule has 1 saturated carbocycles. The highest BCUT2D eigenvalue weighted by Crippen LogP contribution is 2.46. The van der Waals surface area contributed by atoms with Crippen LogP contribution in [0.5, 0.6) is 0 Å². The van der Waals surface area contributed by atoms with E-state index in [1.54, 1.807) is 0 Å². The molecular formula is C12H10ClF3O2. The van der Waals surface area contributed by atoms with Crippen molar-refractivity contribution in [2.45, 2.75) is 25.2 Å². The molecule has 98 valence electrons. The fourth-order valence-electron chi connectivity index (χ4n) is 2.11. The largest absolute Gasteiger partial charge is 0.481 e. The van der Waals surface area contributed by atoms with Crippen LogP contribution in [-0.4, -0.2) is 11.1 Å². The molecule has 1 fully saturated rings. The molecule has 6 heteroatoms. The summed E-state index contributed by atoms with van der Waals surface area (Å²) in [5, 5.41) is 7.99. The van der Waals surface area contributed by atoms with E-state index in [0.29, 0.717) is 18.9 Å². The summed E-state index contributed by atoms with van der Waals surface area (Å²) in [5.41, 5.74) is -0.411. The first kappa shape index (κ1) is 13.2. The normalized spacial score (nSPS) is 16.7. The number of carboxylic acids is 1. The minimum absolute atomic E-state index is 0.0772. The molecule has 0 spiro atoms. The zero-order valence-electron chi connectivity index (χ0n) is 9.22. The van der Waals surface area contributed by atoms with Gasteiger partial charge in [-0.2, -0.15) is 0 Å². The van der Waals surface area contributed by atoms with Crippen molar-refractivity contribution in [3.8, 4) is 0 Å². The molecule has 0 amide bonds. The Morgan fingerprint density at radius 3 is 2.50 bits per heavy atom. The van der Waals surface area contributed by atoms with Crippen LogP contribution >= 0.6 is 11.6 Å². The molecule has 1 aromatic carbocycles. The highest BCUT2D eigenvalue weighted by molar-refractivity contribution is 6.31.